The van der Waals surface area contributed by atoms with Crippen LogP contribution in [-0.2, 0) is 27.8 Å². The van der Waals surface area contributed by atoms with E-state index in [1.54, 1.807) is 31.3 Å². The van der Waals surface area contributed by atoms with Gasteiger partial charge in [0.15, 0.2) is 5.96 Å². The van der Waals surface area contributed by atoms with E-state index in [0.29, 0.717) is 25.7 Å². The van der Waals surface area contributed by atoms with Gasteiger partial charge in [-0.3, -0.25) is 4.99 Å². The van der Waals surface area contributed by atoms with E-state index in [4.69, 9.17) is 4.74 Å². The number of methoxy groups -OCH3 is 1. The molecule has 3 N–H and O–H groups in total. The second kappa shape index (κ2) is 10.9. The number of ether oxygens (including phenoxy) is 1. The van der Waals surface area contributed by atoms with E-state index in [2.05, 4.69) is 52.4 Å². The number of benzene rings is 2. The maximum absolute atomic E-state index is 12.2. The lowest BCUT2D eigenvalue weighted by molar-refractivity contribution is 0.204. The maximum Gasteiger partial charge on any atom is 0.240 e. The first-order valence-electron chi connectivity index (χ1n) is 9.44. The molecule has 0 atom stereocenters. The molecule has 0 spiro atoms. The molecule has 0 fully saturated rings. The van der Waals surface area contributed by atoms with E-state index in [-0.39, 0.29) is 11.4 Å². The standard InChI is InChI=1S/C21H30N4O3S/c1-16-5-8-19(17(2)13-16)15-24-21(22-3)23-14-18-6-9-20(10-7-18)29(26,27)25-11-12-28-4/h5-10,13,25H,11-12,14-15H2,1-4H3,(H2,22,23,24). The number of hydrogen-bond donors (Lipinski definition) is 3. The van der Waals surface area contributed by atoms with Crippen molar-refractivity contribution in [3.63, 3.8) is 0 Å². The Labute approximate surface area is 173 Å². The van der Waals surface area contributed by atoms with Crippen LogP contribution in [-0.4, -0.2) is 41.7 Å². The van der Waals surface area contributed by atoms with E-state index in [1.165, 1.54) is 23.8 Å². The summed E-state index contributed by atoms with van der Waals surface area (Å²) in [4.78, 5) is 4.47. The summed E-state index contributed by atoms with van der Waals surface area (Å²) in [5.74, 6) is 0.683. The number of rotatable bonds is 9. The zero-order valence-electron chi connectivity index (χ0n) is 17.5. The number of nitrogens with zero attached hydrogens (tertiary/aromatic N) is 1. The molecule has 2 aromatic rings. The summed E-state index contributed by atoms with van der Waals surface area (Å²) in [5, 5.41) is 6.55. The van der Waals surface area contributed by atoms with Gasteiger partial charge in [0.05, 0.1) is 11.5 Å². The first-order chi connectivity index (χ1) is 13.9. The van der Waals surface area contributed by atoms with Crippen LogP contribution in [0.5, 0.6) is 0 Å². The highest BCUT2D eigenvalue weighted by Crippen LogP contribution is 2.11. The fourth-order valence-corrected chi connectivity index (χ4v) is 3.79. The number of aryl methyl sites for hydroxylation is 2. The van der Waals surface area contributed by atoms with Crippen LogP contribution < -0.4 is 15.4 Å². The molecule has 0 saturated heterocycles. The fraction of sp³-hybridized carbons (Fsp3) is 0.381. The minimum absolute atomic E-state index is 0.231. The van der Waals surface area contributed by atoms with Crippen LogP contribution in [0.4, 0.5) is 0 Å². The summed E-state index contributed by atoms with van der Waals surface area (Å²) in [5.41, 5.74) is 4.65. The van der Waals surface area contributed by atoms with Crippen molar-refractivity contribution >= 4 is 16.0 Å². The Morgan fingerprint density at radius 3 is 2.34 bits per heavy atom. The molecule has 0 unspecified atom stereocenters. The second-order valence-electron chi connectivity index (χ2n) is 6.74. The van der Waals surface area contributed by atoms with Crippen LogP contribution in [0.2, 0.25) is 0 Å². The average Bonchev–Trinajstić information content (AvgIpc) is 2.70. The number of guanidine groups is 1. The predicted octanol–water partition coefficient (Wildman–Crippen LogP) is 2.09. The van der Waals surface area contributed by atoms with Gasteiger partial charge >= 0.3 is 0 Å². The van der Waals surface area contributed by atoms with E-state index < -0.39 is 10.0 Å². The third-order valence-electron chi connectivity index (χ3n) is 4.46. The number of aliphatic imine (C=N–C) groups is 1. The van der Waals surface area contributed by atoms with Crippen molar-refractivity contribution in [2.45, 2.75) is 31.8 Å². The quantitative estimate of drug-likeness (QED) is 0.330. The van der Waals surface area contributed by atoms with E-state index in [1.807, 2.05) is 0 Å². The zero-order chi connectivity index (χ0) is 21.3. The minimum Gasteiger partial charge on any atom is -0.383 e. The van der Waals surface area contributed by atoms with Crippen molar-refractivity contribution in [2.24, 2.45) is 4.99 Å². The van der Waals surface area contributed by atoms with Gasteiger partial charge in [-0.15, -0.1) is 0 Å². The molecule has 7 nitrogen and oxygen atoms in total. The molecule has 0 aliphatic carbocycles. The Kier molecular flexibility index (Phi) is 8.63. The molecule has 0 heterocycles. The predicted molar refractivity (Wildman–Crippen MR) is 116 cm³/mol. The van der Waals surface area contributed by atoms with Gasteiger partial charge in [0.1, 0.15) is 0 Å². The monoisotopic (exact) mass is 418 g/mol. The number of nitrogens with one attached hydrogen (secondary N) is 3. The summed E-state index contributed by atoms with van der Waals surface area (Å²) < 4.78 is 31.7. The van der Waals surface area contributed by atoms with Gasteiger partial charge in [0.25, 0.3) is 0 Å². The Morgan fingerprint density at radius 2 is 1.72 bits per heavy atom. The molecule has 29 heavy (non-hydrogen) atoms. The Bertz CT molecular complexity index is 925. The SMILES string of the molecule is CN=C(NCc1ccc(S(=O)(=O)NCCOC)cc1)NCc1ccc(C)cc1C. The van der Waals surface area contributed by atoms with E-state index in [0.717, 1.165) is 5.56 Å². The molecule has 2 aromatic carbocycles. The molecular formula is C21H30N4O3S. The van der Waals surface area contributed by atoms with Gasteiger partial charge in [-0.05, 0) is 42.7 Å². The largest absolute Gasteiger partial charge is 0.383 e. The van der Waals surface area contributed by atoms with Crippen LogP contribution in [0.1, 0.15) is 22.3 Å². The first kappa shape index (κ1) is 22.9. The maximum atomic E-state index is 12.2. The Hall–Kier alpha value is -2.42. The molecule has 0 bridgehead atoms. The number of hydrogen-bond acceptors (Lipinski definition) is 4. The van der Waals surface area contributed by atoms with Crippen molar-refractivity contribution in [3.8, 4) is 0 Å². The van der Waals surface area contributed by atoms with Crippen LogP contribution in [0, 0.1) is 13.8 Å². The lowest BCUT2D eigenvalue weighted by Gasteiger charge is -2.14. The van der Waals surface area contributed by atoms with Crippen molar-refractivity contribution in [1.82, 2.24) is 15.4 Å². The van der Waals surface area contributed by atoms with E-state index in [9.17, 15) is 8.42 Å². The highest BCUT2D eigenvalue weighted by atomic mass is 32.2. The minimum atomic E-state index is -3.52. The molecule has 158 valence electrons. The summed E-state index contributed by atoms with van der Waals surface area (Å²) >= 11 is 0. The van der Waals surface area contributed by atoms with Crippen LogP contribution >= 0.6 is 0 Å². The smallest absolute Gasteiger partial charge is 0.240 e. The molecule has 0 radical (unpaired) electrons. The third-order valence-corrected chi connectivity index (χ3v) is 5.94. The van der Waals surface area contributed by atoms with Crippen LogP contribution in [0.15, 0.2) is 52.4 Å². The van der Waals surface area contributed by atoms with E-state index >= 15 is 0 Å². The van der Waals surface area contributed by atoms with Gasteiger partial charge in [-0.25, -0.2) is 13.1 Å². The van der Waals surface area contributed by atoms with Gasteiger partial charge in [-0.2, -0.15) is 0 Å². The van der Waals surface area contributed by atoms with Crippen molar-refractivity contribution in [2.75, 3.05) is 27.3 Å². The molecule has 0 aliphatic rings. The Balaban J connectivity index is 1.89. The molecule has 0 amide bonds. The summed E-state index contributed by atoms with van der Waals surface area (Å²) in [6.07, 6.45) is 0. The molecule has 0 saturated carbocycles. The van der Waals surface area contributed by atoms with Crippen LogP contribution in [0.3, 0.4) is 0 Å². The van der Waals surface area contributed by atoms with Gasteiger partial charge in [0, 0.05) is 33.8 Å². The molecule has 8 heteroatoms. The lowest BCUT2D eigenvalue weighted by Crippen LogP contribution is -2.36. The number of sulfonamides is 1. The summed E-state index contributed by atoms with van der Waals surface area (Å²) in [6.45, 7) is 5.96. The summed E-state index contributed by atoms with van der Waals surface area (Å²) in [6, 6.07) is 13.1. The van der Waals surface area contributed by atoms with Crippen molar-refractivity contribution in [3.05, 3.63) is 64.7 Å². The van der Waals surface area contributed by atoms with Gasteiger partial charge in [-0.1, -0.05) is 35.9 Å². The highest BCUT2D eigenvalue weighted by Gasteiger charge is 2.13. The topological polar surface area (TPSA) is 91.8 Å². The fourth-order valence-electron chi connectivity index (χ4n) is 2.78. The molecule has 0 aromatic heterocycles. The van der Waals surface area contributed by atoms with Gasteiger partial charge < -0.3 is 15.4 Å². The Morgan fingerprint density at radius 1 is 1.03 bits per heavy atom. The zero-order valence-corrected chi connectivity index (χ0v) is 18.3. The molecule has 2 rings (SSSR count). The van der Waals surface area contributed by atoms with Crippen LogP contribution in [0.25, 0.3) is 0 Å². The molecule has 0 aliphatic heterocycles. The second-order valence-corrected chi connectivity index (χ2v) is 8.51. The normalized spacial score (nSPS) is 12.1. The summed E-state index contributed by atoms with van der Waals surface area (Å²) in [7, 11) is -0.269. The average molecular weight is 419 g/mol. The van der Waals surface area contributed by atoms with Gasteiger partial charge in [0.2, 0.25) is 10.0 Å². The van der Waals surface area contributed by atoms with Crippen molar-refractivity contribution in [1.29, 1.82) is 0 Å². The van der Waals surface area contributed by atoms with Crippen molar-refractivity contribution < 1.29 is 13.2 Å². The first-order valence-corrected chi connectivity index (χ1v) is 10.9. The highest BCUT2D eigenvalue weighted by molar-refractivity contribution is 7.89. The third kappa shape index (κ3) is 7.16. The lowest BCUT2D eigenvalue weighted by atomic mass is 10.1. The molecular weight excluding hydrogens is 388 g/mol.